The molecule has 10 heteroatoms. The molecule has 170 valence electrons. The van der Waals surface area contributed by atoms with E-state index in [2.05, 4.69) is 10.1 Å². The molecular weight excluding hydrogens is 429 g/mol. The normalized spacial score (nSPS) is 12.9. The Bertz CT molecular complexity index is 1020. The topological polar surface area (TPSA) is 109 Å². The molecule has 0 saturated heterocycles. The quantitative estimate of drug-likeness (QED) is 0.556. The maximum Gasteiger partial charge on any atom is 0.573 e. The van der Waals surface area contributed by atoms with Gasteiger partial charge in [-0.2, -0.15) is 5.26 Å². The second-order valence-electron chi connectivity index (χ2n) is 7.11. The molecule has 2 rings (SSSR count). The first-order chi connectivity index (χ1) is 15.0. The summed E-state index contributed by atoms with van der Waals surface area (Å²) in [6.07, 6.45) is -3.25. The lowest BCUT2D eigenvalue weighted by atomic mass is 10.0. The van der Waals surface area contributed by atoms with Gasteiger partial charge < -0.3 is 19.9 Å². The molecule has 0 spiro atoms. The summed E-state index contributed by atoms with van der Waals surface area (Å²) < 4.78 is 46.2. The minimum absolute atomic E-state index is 0.0145. The summed E-state index contributed by atoms with van der Waals surface area (Å²) in [4.78, 5) is 23.5. The number of benzene rings is 2. The Morgan fingerprint density at radius 1 is 1.22 bits per heavy atom. The molecule has 0 unspecified atom stereocenters. The molecule has 2 aromatic carbocycles. The highest BCUT2D eigenvalue weighted by Crippen LogP contribution is 2.32. The van der Waals surface area contributed by atoms with E-state index >= 15 is 0 Å². The molecule has 0 bridgehead atoms. The Labute approximate surface area is 182 Å². The Balaban J connectivity index is 2.13. The van der Waals surface area contributed by atoms with E-state index in [1.54, 1.807) is 0 Å². The van der Waals surface area contributed by atoms with Crippen LogP contribution in [-0.4, -0.2) is 35.8 Å². The molecule has 0 aliphatic heterocycles. The van der Waals surface area contributed by atoms with E-state index in [9.17, 15) is 33.1 Å². The van der Waals surface area contributed by atoms with Gasteiger partial charge in [0.1, 0.15) is 23.9 Å². The number of alkyl halides is 3. The van der Waals surface area contributed by atoms with E-state index < -0.39 is 23.6 Å². The number of nitrogens with zero attached hydrogens (tertiary/aromatic N) is 1. The summed E-state index contributed by atoms with van der Waals surface area (Å²) >= 11 is 0. The van der Waals surface area contributed by atoms with E-state index in [0.29, 0.717) is 24.7 Å². The van der Waals surface area contributed by atoms with Crippen molar-refractivity contribution in [1.82, 2.24) is 5.32 Å². The van der Waals surface area contributed by atoms with Crippen LogP contribution in [0.1, 0.15) is 46.5 Å². The molecule has 2 aromatic rings. The van der Waals surface area contributed by atoms with Crippen LogP contribution in [0.3, 0.4) is 0 Å². The zero-order chi connectivity index (χ0) is 23.9. The average molecular weight is 450 g/mol. The van der Waals surface area contributed by atoms with Gasteiger partial charge in [0.2, 0.25) is 0 Å². The maximum atomic E-state index is 12.5. The van der Waals surface area contributed by atoms with Crippen LogP contribution in [0, 0.1) is 11.3 Å². The first kappa shape index (κ1) is 24.5. The van der Waals surface area contributed by atoms with Crippen LogP contribution in [0.25, 0.3) is 0 Å². The number of hydrogen-bond donors (Lipinski definition) is 2. The highest BCUT2D eigenvalue weighted by molar-refractivity contribution is 5.95. The molecule has 1 amide bonds. The van der Waals surface area contributed by atoms with Crippen molar-refractivity contribution in [2.75, 3.05) is 6.61 Å². The summed E-state index contributed by atoms with van der Waals surface area (Å²) in [5, 5.41) is 22.3. The van der Waals surface area contributed by atoms with Gasteiger partial charge in [0.25, 0.3) is 5.91 Å². The number of aldehydes is 1. The molecule has 32 heavy (non-hydrogen) atoms. The number of carbonyl (C=O) groups is 2. The zero-order valence-electron chi connectivity index (χ0n) is 17.3. The van der Waals surface area contributed by atoms with Gasteiger partial charge in [0.05, 0.1) is 11.6 Å². The lowest BCUT2D eigenvalue weighted by molar-refractivity contribution is -0.274. The average Bonchev–Trinajstić information content (AvgIpc) is 2.73. The second kappa shape index (κ2) is 10.0. The summed E-state index contributed by atoms with van der Waals surface area (Å²) in [7, 11) is 0. The monoisotopic (exact) mass is 450 g/mol. The smallest absolute Gasteiger partial charge is 0.507 e. The van der Waals surface area contributed by atoms with Crippen molar-refractivity contribution in [3.63, 3.8) is 0 Å². The maximum absolute atomic E-state index is 12.5. The summed E-state index contributed by atoms with van der Waals surface area (Å²) in [5.74, 6) is -1.13. The summed E-state index contributed by atoms with van der Waals surface area (Å²) in [5.41, 5.74) is -0.972. The van der Waals surface area contributed by atoms with E-state index in [-0.39, 0.29) is 29.2 Å². The summed E-state index contributed by atoms with van der Waals surface area (Å²) in [6, 6.07) is 9.03. The lowest BCUT2D eigenvalue weighted by Gasteiger charge is -2.24. The molecule has 0 saturated carbocycles. The third kappa shape index (κ3) is 6.38. The number of halogens is 3. The molecule has 0 aliphatic carbocycles. The van der Waals surface area contributed by atoms with E-state index in [0.717, 1.165) is 24.3 Å². The predicted octanol–water partition coefficient (Wildman–Crippen LogP) is 4.15. The van der Waals surface area contributed by atoms with Gasteiger partial charge in [-0.15, -0.1) is 13.2 Å². The fourth-order valence-electron chi connectivity index (χ4n) is 2.81. The van der Waals surface area contributed by atoms with Crippen molar-refractivity contribution >= 4 is 12.2 Å². The van der Waals surface area contributed by atoms with Crippen molar-refractivity contribution in [2.24, 2.45) is 0 Å². The molecule has 1 atom stereocenters. The Hall–Kier alpha value is -3.74. The van der Waals surface area contributed by atoms with Crippen molar-refractivity contribution in [1.29, 1.82) is 5.26 Å². The third-order valence-corrected chi connectivity index (χ3v) is 4.40. The number of carbonyl (C=O) groups excluding carboxylic acids is 2. The van der Waals surface area contributed by atoms with Gasteiger partial charge in [0.15, 0.2) is 11.8 Å². The van der Waals surface area contributed by atoms with Gasteiger partial charge in [-0.25, -0.2) is 0 Å². The van der Waals surface area contributed by atoms with Gasteiger partial charge in [-0.1, -0.05) is 13.3 Å². The van der Waals surface area contributed by atoms with Crippen LogP contribution in [0.2, 0.25) is 0 Å². The predicted molar refractivity (Wildman–Crippen MR) is 108 cm³/mol. The highest BCUT2D eigenvalue weighted by Gasteiger charge is 2.31. The molecule has 7 nitrogen and oxygen atoms in total. The van der Waals surface area contributed by atoms with Crippen molar-refractivity contribution in [3.05, 3.63) is 53.1 Å². The number of ether oxygens (including phenoxy) is 2. The number of rotatable bonds is 9. The van der Waals surface area contributed by atoms with E-state index in [1.165, 1.54) is 19.1 Å². The fraction of sp³-hybridized carbons (Fsp3) is 0.318. The van der Waals surface area contributed by atoms with Crippen molar-refractivity contribution in [2.45, 2.75) is 38.6 Å². The number of hydrogen-bond acceptors (Lipinski definition) is 6. The molecule has 2 N–H and O–H groups in total. The number of nitriles is 1. The van der Waals surface area contributed by atoms with Crippen LogP contribution in [0.4, 0.5) is 13.2 Å². The van der Waals surface area contributed by atoms with Crippen molar-refractivity contribution in [3.8, 4) is 23.3 Å². The van der Waals surface area contributed by atoms with Crippen LogP contribution >= 0.6 is 0 Å². The Kier molecular flexibility index (Phi) is 7.70. The molecule has 0 heterocycles. The van der Waals surface area contributed by atoms with Crippen LogP contribution in [0.5, 0.6) is 17.2 Å². The fourth-order valence-corrected chi connectivity index (χ4v) is 2.81. The first-order valence-electron chi connectivity index (χ1n) is 9.54. The highest BCUT2D eigenvalue weighted by atomic mass is 19.4. The number of phenolic OH excluding ortho intramolecular Hbond substituents is 1. The molecule has 0 aliphatic rings. The SMILES string of the molecule is CCCc1c(OC[C@](C)(C#N)NC(=O)c2ccc(OC(F)(F)F)cc2)ccc(C=O)c1O. The van der Waals surface area contributed by atoms with E-state index in [4.69, 9.17) is 4.74 Å². The Morgan fingerprint density at radius 2 is 1.88 bits per heavy atom. The largest absolute Gasteiger partial charge is 0.573 e. The standard InChI is InChI=1S/C22H21F3N2O5/c1-3-4-17-18(10-7-15(11-28)19(17)29)31-13-21(2,12-26)27-20(30)14-5-8-16(9-6-14)32-22(23,24)25/h5-11,29H,3-4,13H2,1-2H3,(H,27,30)/t21-/m0/s1. The van der Waals surface area contributed by atoms with E-state index in [1.807, 2.05) is 13.0 Å². The molecule has 0 radical (unpaired) electrons. The zero-order valence-corrected chi connectivity index (χ0v) is 17.3. The van der Waals surface area contributed by atoms with Crippen LogP contribution in [-0.2, 0) is 6.42 Å². The minimum atomic E-state index is -4.85. The van der Waals surface area contributed by atoms with Crippen LogP contribution in [0.15, 0.2) is 36.4 Å². The van der Waals surface area contributed by atoms with Gasteiger partial charge in [-0.05, 0) is 49.7 Å². The number of aromatic hydroxyl groups is 1. The Morgan fingerprint density at radius 3 is 2.41 bits per heavy atom. The lowest BCUT2D eigenvalue weighted by Crippen LogP contribution is -2.49. The van der Waals surface area contributed by atoms with Crippen LogP contribution < -0.4 is 14.8 Å². The molecular formula is C22H21F3N2O5. The van der Waals surface area contributed by atoms with Gasteiger partial charge >= 0.3 is 6.36 Å². The van der Waals surface area contributed by atoms with Gasteiger partial charge in [0, 0.05) is 11.1 Å². The second-order valence-corrected chi connectivity index (χ2v) is 7.11. The first-order valence-corrected chi connectivity index (χ1v) is 9.54. The minimum Gasteiger partial charge on any atom is -0.507 e. The molecule has 0 aromatic heterocycles. The molecule has 0 fully saturated rings. The van der Waals surface area contributed by atoms with Crippen molar-refractivity contribution < 1.29 is 37.3 Å². The summed E-state index contributed by atoms with van der Waals surface area (Å²) in [6.45, 7) is 2.99. The number of nitrogens with one attached hydrogen (secondary N) is 1. The number of phenols is 1. The van der Waals surface area contributed by atoms with Gasteiger partial charge in [-0.3, -0.25) is 9.59 Å². The number of amides is 1. The third-order valence-electron chi connectivity index (χ3n) is 4.40.